The van der Waals surface area contributed by atoms with Gasteiger partial charge in [0.1, 0.15) is 6.54 Å². The third-order valence-corrected chi connectivity index (χ3v) is 3.63. The molecule has 0 saturated carbocycles. The second kappa shape index (κ2) is 7.43. The van der Waals surface area contributed by atoms with Gasteiger partial charge in [-0.1, -0.05) is 22.9 Å². The second-order valence-electron chi connectivity index (χ2n) is 3.76. The third kappa shape index (κ3) is 8.16. The van der Waals surface area contributed by atoms with E-state index in [0.717, 1.165) is 11.0 Å². The first kappa shape index (κ1) is 16.6. The number of allylic oxidation sites excluding steroid dienone is 1. The fraction of sp³-hybridized carbons (Fsp3) is 0.778. The molecule has 0 aromatic rings. The monoisotopic (exact) mass is 377 g/mol. The number of halogens is 3. The highest BCUT2D eigenvalue weighted by molar-refractivity contribution is 9.14. The molecular weight excluding hydrogens is 362 g/mol. The minimum atomic E-state index is 0. The predicted octanol–water partition coefficient (Wildman–Crippen LogP) is 0.498. The van der Waals surface area contributed by atoms with Crippen LogP contribution in [0, 0.1) is 0 Å². The van der Waals surface area contributed by atoms with E-state index in [-0.39, 0.29) is 17.0 Å². The number of hydrogen-bond donors (Lipinski definition) is 0. The zero-order valence-electron chi connectivity index (χ0n) is 8.70. The van der Waals surface area contributed by atoms with Gasteiger partial charge >= 0.3 is 0 Å². The topological polar surface area (TPSA) is 0 Å². The third-order valence-electron chi connectivity index (χ3n) is 1.77. The summed E-state index contributed by atoms with van der Waals surface area (Å²) in [5, 5.41) is 0. The molecule has 0 unspecified atom stereocenters. The highest BCUT2D eigenvalue weighted by Crippen LogP contribution is 2.20. The SMILES string of the molecule is CCC[N+](C)(C)C/C(Br)=C(/C)Br.[Br-]. The van der Waals surface area contributed by atoms with Crippen LogP contribution in [0.3, 0.4) is 0 Å². The number of nitrogens with zero attached hydrogens (tertiary/aromatic N) is 1. The second-order valence-corrected chi connectivity index (χ2v) is 5.90. The Bertz CT molecular complexity index is 172. The number of hydrogen-bond acceptors (Lipinski definition) is 0. The first-order valence-corrected chi connectivity index (χ1v) is 5.80. The van der Waals surface area contributed by atoms with Crippen molar-refractivity contribution in [1.29, 1.82) is 0 Å². The number of likely N-dealkylation sites (N-methyl/N-ethyl adjacent to an activating group) is 1. The summed E-state index contributed by atoms with van der Waals surface area (Å²) >= 11 is 7.03. The highest BCUT2D eigenvalue weighted by atomic mass is 79.9. The molecule has 0 aliphatic heterocycles. The van der Waals surface area contributed by atoms with Crippen molar-refractivity contribution in [3.05, 3.63) is 8.96 Å². The number of quaternary nitrogens is 1. The standard InChI is InChI=1S/C9H18Br2N.BrH/c1-5-6-12(3,4)7-9(11)8(2)10;/h5-7H2,1-4H3;1H/q+1;/p-1/b9-8+;. The van der Waals surface area contributed by atoms with E-state index in [9.17, 15) is 0 Å². The Labute approximate surface area is 109 Å². The van der Waals surface area contributed by atoms with Gasteiger partial charge in [0.05, 0.1) is 25.1 Å². The fourth-order valence-corrected chi connectivity index (χ4v) is 1.97. The Morgan fingerprint density at radius 2 is 1.69 bits per heavy atom. The van der Waals surface area contributed by atoms with Crippen LogP contribution in [-0.4, -0.2) is 31.7 Å². The minimum Gasteiger partial charge on any atom is -1.00 e. The number of rotatable bonds is 4. The molecule has 0 N–H and O–H groups in total. The molecular formula is C9H18Br3N. The van der Waals surface area contributed by atoms with Gasteiger partial charge in [0, 0.05) is 4.48 Å². The van der Waals surface area contributed by atoms with E-state index in [1.807, 2.05) is 0 Å². The van der Waals surface area contributed by atoms with E-state index in [0.29, 0.717) is 0 Å². The van der Waals surface area contributed by atoms with Gasteiger partial charge in [-0.3, -0.25) is 0 Å². The van der Waals surface area contributed by atoms with Crippen LogP contribution in [0.4, 0.5) is 0 Å². The molecule has 0 aromatic carbocycles. The van der Waals surface area contributed by atoms with Crippen LogP contribution in [0.5, 0.6) is 0 Å². The van der Waals surface area contributed by atoms with Gasteiger partial charge in [-0.25, -0.2) is 0 Å². The van der Waals surface area contributed by atoms with Crippen molar-refractivity contribution in [2.24, 2.45) is 0 Å². The van der Waals surface area contributed by atoms with Crippen molar-refractivity contribution in [2.45, 2.75) is 20.3 Å². The molecule has 0 atom stereocenters. The van der Waals surface area contributed by atoms with Crippen LogP contribution in [0.2, 0.25) is 0 Å². The van der Waals surface area contributed by atoms with Gasteiger partial charge in [0.2, 0.25) is 0 Å². The van der Waals surface area contributed by atoms with Gasteiger partial charge in [-0.2, -0.15) is 0 Å². The predicted molar refractivity (Wildman–Crippen MR) is 62.7 cm³/mol. The lowest BCUT2D eigenvalue weighted by molar-refractivity contribution is -0.884. The first-order chi connectivity index (χ1) is 5.39. The van der Waals surface area contributed by atoms with E-state index in [1.165, 1.54) is 21.9 Å². The fourth-order valence-electron chi connectivity index (χ4n) is 1.17. The van der Waals surface area contributed by atoms with Crippen LogP contribution >= 0.6 is 31.9 Å². The van der Waals surface area contributed by atoms with Gasteiger partial charge in [0.15, 0.2) is 0 Å². The zero-order valence-corrected chi connectivity index (χ0v) is 13.5. The van der Waals surface area contributed by atoms with Crippen LogP contribution < -0.4 is 17.0 Å². The summed E-state index contributed by atoms with van der Waals surface area (Å²) in [6, 6.07) is 0. The Balaban J connectivity index is 0. The summed E-state index contributed by atoms with van der Waals surface area (Å²) in [5.41, 5.74) is 0. The van der Waals surface area contributed by atoms with Gasteiger partial charge in [-0.05, 0) is 29.3 Å². The molecule has 0 radical (unpaired) electrons. The van der Waals surface area contributed by atoms with Crippen molar-refractivity contribution in [3.8, 4) is 0 Å². The largest absolute Gasteiger partial charge is 1.00 e. The molecule has 0 aliphatic carbocycles. The van der Waals surface area contributed by atoms with E-state index in [4.69, 9.17) is 0 Å². The first-order valence-electron chi connectivity index (χ1n) is 4.22. The summed E-state index contributed by atoms with van der Waals surface area (Å²) in [6.45, 7) is 6.56. The summed E-state index contributed by atoms with van der Waals surface area (Å²) in [5.74, 6) is 0. The normalized spacial score (nSPS) is 13.4. The molecule has 0 amide bonds. The molecule has 0 heterocycles. The molecule has 0 bridgehead atoms. The molecule has 0 aliphatic rings. The highest BCUT2D eigenvalue weighted by Gasteiger charge is 2.15. The van der Waals surface area contributed by atoms with Crippen molar-refractivity contribution < 1.29 is 21.5 Å². The average molecular weight is 380 g/mol. The molecule has 4 heteroatoms. The maximum Gasteiger partial charge on any atom is 0.111 e. The molecule has 80 valence electrons. The van der Waals surface area contributed by atoms with Crippen LogP contribution in [0.25, 0.3) is 0 Å². The smallest absolute Gasteiger partial charge is 0.111 e. The Morgan fingerprint density at radius 3 is 2.00 bits per heavy atom. The van der Waals surface area contributed by atoms with Gasteiger partial charge < -0.3 is 21.5 Å². The van der Waals surface area contributed by atoms with Crippen LogP contribution in [0.15, 0.2) is 8.96 Å². The Morgan fingerprint density at radius 1 is 1.23 bits per heavy atom. The van der Waals surface area contributed by atoms with E-state index in [1.54, 1.807) is 0 Å². The van der Waals surface area contributed by atoms with E-state index < -0.39 is 0 Å². The molecule has 0 saturated heterocycles. The minimum absolute atomic E-state index is 0. The summed E-state index contributed by atoms with van der Waals surface area (Å²) in [6.07, 6.45) is 1.23. The maximum atomic E-state index is 3.57. The summed E-state index contributed by atoms with van der Waals surface area (Å²) in [4.78, 5) is 0. The summed E-state index contributed by atoms with van der Waals surface area (Å²) < 4.78 is 3.51. The lowest BCUT2D eigenvalue weighted by Gasteiger charge is -2.29. The Kier molecular flexibility index (Phi) is 9.47. The molecule has 1 nitrogen and oxygen atoms in total. The maximum absolute atomic E-state index is 3.57. The molecule has 0 fully saturated rings. The molecule has 0 rings (SSSR count). The zero-order chi connectivity index (χ0) is 9.78. The van der Waals surface area contributed by atoms with E-state index in [2.05, 4.69) is 59.8 Å². The van der Waals surface area contributed by atoms with Crippen LogP contribution in [-0.2, 0) is 0 Å². The van der Waals surface area contributed by atoms with Crippen molar-refractivity contribution in [1.82, 2.24) is 0 Å². The van der Waals surface area contributed by atoms with Gasteiger partial charge in [-0.15, -0.1) is 0 Å². The Hall–Kier alpha value is 1.14. The van der Waals surface area contributed by atoms with Crippen LogP contribution in [0.1, 0.15) is 20.3 Å². The summed E-state index contributed by atoms with van der Waals surface area (Å²) in [7, 11) is 4.50. The average Bonchev–Trinajstić information content (AvgIpc) is 1.85. The molecule has 0 aromatic heterocycles. The molecule has 13 heavy (non-hydrogen) atoms. The lowest BCUT2D eigenvalue weighted by atomic mass is 10.3. The van der Waals surface area contributed by atoms with E-state index >= 15 is 0 Å². The quantitative estimate of drug-likeness (QED) is 0.624. The van der Waals surface area contributed by atoms with Crippen molar-refractivity contribution in [3.63, 3.8) is 0 Å². The lowest BCUT2D eigenvalue weighted by Crippen LogP contribution is -3.00. The van der Waals surface area contributed by atoms with Crippen molar-refractivity contribution in [2.75, 3.05) is 27.2 Å². The van der Waals surface area contributed by atoms with Crippen molar-refractivity contribution >= 4 is 31.9 Å². The molecule has 0 spiro atoms. The van der Waals surface area contributed by atoms with Gasteiger partial charge in [0.25, 0.3) is 0 Å².